The van der Waals surface area contributed by atoms with Gasteiger partial charge in [-0.1, -0.05) is 30.3 Å². The van der Waals surface area contributed by atoms with Gasteiger partial charge in [0.25, 0.3) is 0 Å². The van der Waals surface area contributed by atoms with E-state index in [0.29, 0.717) is 12.1 Å². The Balaban J connectivity index is 1.52. The zero-order valence-electron chi connectivity index (χ0n) is 18.6. The van der Waals surface area contributed by atoms with Crippen molar-refractivity contribution in [3.8, 4) is 0 Å². The highest BCUT2D eigenvalue weighted by Crippen LogP contribution is 2.22. The number of fused-ring (bicyclic) bond motifs is 1. The molecule has 0 aliphatic carbocycles. The number of anilines is 1. The van der Waals surface area contributed by atoms with Crippen molar-refractivity contribution in [3.05, 3.63) is 66.2 Å². The van der Waals surface area contributed by atoms with Crippen LogP contribution >= 0.6 is 0 Å². The molecule has 0 saturated heterocycles. The molecule has 32 heavy (non-hydrogen) atoms. The number of aromatic nitrogens is 6. The van der Waals surface area contributed by atoms with E-state index < -0.39 is 6.04 Å². The molecule has 0 spiro atoms. The van der Waals surface area contributed by atoms with Crippen LogP contribution in [0.1, 0.15) is 23.9 Å². The van der Waals surface area contributed by atoms with E-state index in [1.807, 2.05) is 55.5 Å². The number of benzene rings is 2. The Hall–Kier alpha value is -3.59. The van der Waals surface area contributed by atoms with Crippen molar-refractivity contribution in [3.63, 3.8) is 0 Å². The first kappa shape index (κ1) is 21.6. The van der Waals surface area contributed by atoms with E-state index in [4.69, 9.17) is 4.98 Å². The minimum Gasteiger partial charge on any atom is -0.328 e. The molecule has 166 valence electrons. The molecule has 2 heterocycles. The first-order valence-corrected chi connectivity index (χ1v) is 10.7. The second-order valence-electron chi connectivity index (χ2n) is 8.16. The van der Waals surface area contributed by atoms with E-state index in [1.54, 1.807) is 0 Å². The van der Waals surface area contributed by atoms with Gasteiger partial charge in [-0.15, -0.1) is 5.10 Å². The number of tetrazole rings is 1. The van der Waals surface area contributed by atoms with Crippen LogP contribution in [0.15, 0.2) is 54.9 Å². The molecule has 1 N–H and O–H groups in total. The molecule has 0 aliphatic rings. The Morgan fingerprint density at radius 2 is 1.97 bits per heavy atom. The van der Waals surface area contributed by atoms with Crippen LogP contribution in [0.3, 0.4) is 0 Å². The van der Waals surface area contributed by atoms with Crippen molar-refractivity contribution >= 4 is 22.6 Å². The Kier molecular flexibility index (Phi) is 6.55. The van der Waals surface area contributed by atoms with Gasteiger partial charge in [-0.2, -0.15) is 0 Å². The van der Waals surface area contributed by atoms with Crippen LogP contribution in [0.4, 0.5) is 5.69 Å². The molecule has 0 radical (unpaired) electrons. The maximum Gasteiger partial charge on any atom is 0.249 e. The predicted molar refractivity (Wildman–Crippen MR) is 123 cm³/mol. The largest absolute Gasteiger partial charge is 0.328 e. The maximum absolute atomic E-state index is 13.2. The normalized spacial score (nSPS) is 12.4. The third-order valence-corrected chi connectivity index (χ3v) is 5.45. The quantitative estimate of drug-likeness (QED) is 0.437. The number of rotatable bonds is 9. The number of nitrogens with zero attached hydrogens (tertiary/aromatic N) is 7. The lowest BCUT2D eigenvalue weighted by Crippen LogP contribution is -2.28. The van der Waals surface area contributed by atoms with Crippen molar-refractivity contribution in [2.75, 3.05) is 26.0 Å². The van der Waals surface area contributed by atoms with Crippen LogP contribution in [0.5, 0.6) is 0 Å². The molecule has 9 heteroatoms. The van der Waals surface area contributed by atoms with E-state index >= 15 is 0 Å². The molecule has 2 aromatic carbocycles. The predicted octanol–water partition coefficient (Wildman–Crippen LogP) is 2.71. The number of aryl methyl sites for hydroxylation is 2. The lowest BCUT2D eigenvalue weighted by Gasteiger charge is -2.16. The summed E-state index contributed by atoms with van der Waals surface area (Å²) in [4.78, 5) is 20.1. The highest BCUT2D eigenvalue weighted by Gasteiger charge is 2.23. The fraction of sp³-hybridized carbons (Fsp3) is 0.348. The smallest absolute Gasteiger partial charge is 0.249 e. The van der Waals surface area contributed by atoms with E-state index in [9.17, 15) is 4.79 Å². The summed E-state index contributed by atoms with van der Waals surface area (Å²) in [5.41, 5.74) is 3.67. The Labute approximate surface area is 187 Å². The number of hydrogen-bond acceptors (Lipinski definition) is 6. The summed E-state index contributed by atoms with van der Waals surface area (Å²) in [6, 6.07) is 15.1. The molecule has 0 bridgehead atoms. The summed E-state index contributed by atoms with van der Waals surface area (Å²) in [5, 5.41) is 14.4. The summed E-state index contributed by atoms with van der Waals surface area (Å²) in [6.07, 6.45) is 3.00. The molecule has 9 nitrogen and oxygen atoms in total. The standard InChI is InChI=1S/C23H28N8O/c1-17-25-20-15-19(10-11-21(20)30(17)13-7-12-29(2)3)26-23(32)22(31-16-24-27-28-31)14-18-8-5-4-6-9-18/h4-6,8-11,15-16,22H,7,12-14H2,1-3H3,(H,26,32)/t22-/m0/s1. The van der Waals surface area contributed by atoms with Gasteiger partial charge in [0.05, 0.1) is 11.0 Å². The van der Waals surface area contributed by atoms with E-state index in [2.05, 4.69) is 44.4 Å². The van der Waals surface area contributed by atoms with Gasteiger partial charge in [-0.05, 0) is 68.2 Å². The van der Waals surface area contributed by atoms with E-state index in [1.165, 1.54) is 11.0 Å². The van der Waals surface area contributed by atoms with Crippen LogP contribution in [0, 0.1) is 6.92 Å². The number of nitrogens with one attached hydrogen (secondary N) is 1. The zero-order chi connectivity index (χ0) is 22.5. The van der Waals surface area contributed by atoms with Gasteiger partial charge in [-0.3, -0.25) is 4.79 Å². The second-order valence-corrected chi connectivity index (χ2v) is 8.16. The Morgan fingerprint density at radius 3 is 2.69 bits per heavy atom. The third kappa shape index (κ3) is 5.00. The third-order valence-electron chi connectivity index (χ3n) is 5.45. The molecule has 0 unspecified atom stereocenters. The lowest BCUT2D eigenvalue weighted by atomic mass is 10.1. The molecule has 1 atom stereocenters. The molecule has 1 amide bonds. The van der Waals surface area contributed by atoms with Crippen molar-refractivity contribution in [1.82, 2.24) is 34.7 Å². The highest BCUT2D eigenvalue weighted by molar-refractivity contribution is 5.95. The summed E-state index contributed by atoms with van der Waals surface area (Å²) in [7, 11) is 4.16. The van der Waals surface area contributed by atoms with Crippen LogP contribution in [0.2, 0.25) is 0 Å². The molecule has 4 rings (SSSR count). The summed E-state index contributed by atoms with van der Waals surface area (Å²) in [6.45, 7) is 3.94. The van der Waals surface area contributed by atoms with E-state index in [-0.39, 0.29) is 5.91 Å². The fourth-order valence-electron chi connectivity index (χ4n) is 3.84. The minimum absolute atomic E-state index is 0.178. The first-order chi connectivity index (χ1) is 15.5. The lowest BCUT2D eigenvalue weighted by molar-refractivity contribution is -0.119. The number of amides is 1. The summed E-state index contributed by atoms with van der Waals surface area (Å²) < 4.78 is 3.72. The van der Waals surface area contributed by atoms with Gasteiger partial charge < -0.3 is 14.8 Å². The zero-order valence-corrected chi connectivity index (χ0v) is 18.6. The molecular weight excluding hydrogens is 404 g/mol. The van der Waals surface area contributed by atoms with Crippen molar-refractivity contribution in [1.29, 1.82) is 0 Å². The van der Waals surface area contributed by atoms with Crippen molar-refractivity contribution < 1.29 is 4.79 Å². The van der Waals surface area contributed by atoms with Gasteiger partial charge in [0, 0.05) is 18.7 Å². The second kappa shape index (κ2) is 9.69. The van der Waals surface area contributed by atoms with Crippen LogP contribution in [0.25, 0.3) is 11.0 Å². The van der Waals surface area contributed by atoms with Gasteiger partial charge >= 0.3 is 0 Å². The van der Waals surface area contributed by atoms with Crippen molar-refractivity contribution in [2.45, 2.75) is 32.4 Å². The molecule has 2 aromatic heterocycles. The van der Waals surface area contributed by atoms with Crippen LogP contribution in [-0.4, -0.2) is 61.2 Å². The van der Waals surface area contributed by atoms with Gasteiger partial charge in [0.2, 0.25) is 5.91 Å². The fourth-order valence-corrected chi connectivity index (χ4v) is 3.84. The molecule has 0 aliphatic heterocycles. The maximum atomic E-state index is 13.2. The number of carbonyl (C=O) groups excluding carboxylic acids is 1. The van der Waals surface area contributed by atoms with E-state index in [0.717, 1.165) is 41.9 Å². The van der Waals surface area contributed by atoms with Crippen LogP contribution in [-0.2, 0) is 17.8 Å². The highest BCUT2D eigenvalue weighted by atomic mass is 16.2. The average Bonchev–Trinajstić information content (AvgIpc) is 3.40. The molecule has 4 aromatic rings. The Morgan fingerprint density at radius 1 is 1.16 bits per heavy atom. The van der Waals surface area contributed by atoms with Crippen molar-refractivity contribution in [2.24, 2.45) is 0 Å². The SMILES string of the molecule is Cc1nc2cc(NC(=O)[C@H](Cc3ccccc3)n3cnnn3)ccc2n1CCCN(C)C. The van der Waals surface area contributed by atoms with Gasteiger partial charge in [0.1, 0.15) is 18.2 Å². The summed E-state index contributed by atoms with van der Waals surface area (Å²) >= 11 is 0. The van der Waals surface area contributed by atoms with Crippen LogP contribution < -0.4 is 5.32 Å². The van der Waals surface area contributed by atoms with Gasteiger partial charge in [-0.25, -0.2) is 9.67 Å². The molecule has 0 fully saturated rings. The Bertz CT molecular complexity index is 1170. The topological polar surface area (TPSA) is 93.8 Å². The number of imidazole rings is 1. The molecular formula is C23H28N8O. The molecule has 0 saturated carbocycles. The average molecular weight is 433 g/mol. The first-order valence-electron chi connectivity index (χ1n) is 10.7. The van der Waals surface area contributed by atoms with Gasteiger partial charge in [0.15, 0.2) is 0 Å². The number of carbonyl (C=O) groups is 1. The summed E-state index contributed by atoms with van der Waals surface area (Å²) in [5.74, 6) is 0.792. The number of hydrogen-bond donors (Lipinski definition) is 1. The minimum atomic E-state index is -0.562. The monoisotopic (exact) mass is 432 g/mol.